The zero-order chi connectivity index (χ0) is 11.5. The van der Waals surface area contributed by atoms with Crippen LogP contribution in [0.5, 0.6) is 0 Å². The van der Waals surface area contributed by atoms with E-state index in [1.165, 1.54) is 0 Å². The molecule has 2 nitrogen and oxygen atoms in total. The van der Waals surface area contributed by atoms with Crippen LogP contribution < -0.4 is 0 Å². The Morgan fingerprint density at radius 1 is 1.12 bits per heavy atom. The van der Waals surface area contributed by atoms with Crippen LogP contribution >= 0.6 is 0 Å². The number of aromatic nitrogens is 1. The molecule has 2 rings (SSSR count). The molecule has 0 N–H and O–H groups in total. The molecule has 0 fully saturated rings. The summed E-state index contributed by atoms with van der Waals surface area (Å²) in [6.45, 7) is 3.85. The molecule has 1 aromatic heterocycles. The van der Waals surface area contributed by atoms with Crippen LogP contribution in [0.25, 0.3) is 11.3 Å². The van der Waals surface area contributed by atoms with E-state index in [1.807, 2.05) is 50.2 Å². The first-order chi connectivity index (χ1) is 7.72. The van der Waals surface area contributed by atoms with E-state index in [0.717, 1.165) is 22.5 Å². The minimum Gasteiger partial charge on any atom is -0.251 e. The normalized spacial score (nSPS) is 9.81. The van der Waals surface area contributed by atoms with Gasteiger partial charge in [0.25, 0.3) is 0 Å². The highest BCUT2D eigenvalue weighted by molar-refractivity contribution is 5.64. The minimum atomic E-state index is 0.650. The molecule has 0 aliphatic carbocycles. The molecule has 16 heavy (non-hydrogen) atoms. The maximum absolute atomic E-state index is 8.91. The van der Waals surface area contributed by atoms with E-state index in [4.69, 9.17) is 5.26 Å². The summed E-state index contributed by atoms with van der Waals surface area (Å²) in [7, 11) is 0. The van der Waals surface area contributed by atoms with Gasteiger partial charge >= 0.3 is 0 Å². The first kappa shape index (κ1) is 10.4. The Kier molecular flexibility index (Phi) is 2.70. The van der Waals surface area contributed by atoms with Crippen molar-refractivity contribution >= 4 is 0 Å². The molecule has 1 heterocycles. The number of hydrogen-bond acceptors (Lipinski definition) is 2. The summed E-state index contributed by atoms with van der Waals surface area (Å²) in [5.74, 6) is 0. The predicted molar refractivity (Wildman–Crippen MR) is 63.9 cm³/mol. The first-order valence-corrected chi connectivity index (χ1v) is 5.16. The average Bonchev–Trinajstić information content (AvgIpc) is 2.32. The topological polar surface area (TPSA) is 36.7 Å². The van der Waals surface area contributed by atoms with E-state index in [2.05, 4.69) is 11.1 Å². The third-order valence-corrected chi connectivity index (χ3v) is 2.57. The van der Waals surface area contributed by atoms with Gasteiger partial charge in [-0.2, -0.15) is 5.26 Å². The summed E-state index contributed by atoms with van der Waals surface area (Å²) < 4.78 is 0. The summed E-state index contributed by atoms with van der Waals surface area (Å²) in [4.78, 5) is 4.49. The number of nitriles is 1. The number of hydrogen-bond donors (Lipinski definition) is 0. The van der Waals surface area contributed by atoms with Crippen molar-refractivity contribution in [1.82, 2.24) is 4.98 Å². The van der Waals surface area contributed by atoms with E-state index in [0.29, 0.717) is 5.56 Å². The summed E-state index contributed by atoms with van der Waals surface area (Å²) >= 11 is 0. The van der Waals surface area contributed by atoms with Gasteiger partial charge in [0.1, 0.15) is 6.07 Å². The summed E-state index contributed by atoms with van der Waals surface area (Å²) in [5.41, 5.74) is 4.52. The molecule has 0 aliphatic heterocycles. The molecule has 0 aliphatic rings. The Hall–Kier alpha value is -2.14. The fraction of sp³-hybridized carbons (Fsp3) is 0.143. The van der Waals surface area contributed by atoms with E-state index >= 15 is 0 Å². The van der Waals surface area contributed by atoms with E-state index in [-0.39, 0.29) is 0 Å². The van der Waals surface area contributed by atoms with Crippen molar-refractivity contribution in [3.8, 4) is 17.3 Å². The zero-order valence-corrected chi connectivity index (χ0v) is 9.36. The summed E-state index contributed by atoms with van der Waals surface area (Å²) in [6.07, 6.45) is 0. The molecule has 0 saturated carbocycles. The Balaban J connectivity index is 2.60. The molecule has 2 aromatic rings. The molecular weight excluding hydrogens is 196 g/mol. The van der Waals surface area contributed by atoms with Crippen LogP contribution in [-0.2, 0) is 0 Å². The highest BCUT2D eigenvalue weighted by Gasteiger charge is 2.07. The van der Waals surface area contributed by atoms with Gasteiger partial charge in [-0.25, -0.2) is 0 Å². The van der Waals surface area contributed by atoms with E-state index in [9.17, 15) is 0 Å². The Bertz CT molecular complexity index is 551. The van der Waals surface area contributed by atoms with Gasteiger partial charge in [-0.1, -0.05) is 30.3 Å². The Morgan fingerprint density at radius 2 is 1.81 bits per heavy atom. The largest absolute Gasteiger partial charge is 0.251 e. The average molecular weight is 208 g/mol. The number of aryl methyl sites for hydroxylation is 2. The van der Waals surface area contributed by atoms with E-state index < -0.39 is 0 Å². The maximum atomic E-state index is 8.91. The lowest BCUT2D eigenvalue weighted by Gasteiger charge is -2.07. The van der Waals surface area contributed by atoms with E-state index in [1.54, 1.807) is 0 Å². The fourth-order valence-corrected chi connectivity index (χ4v) is 1.71. The second-order valence-electron chi connectivity index (χ2n) is 3.76. The molecule has 0 saturated heterocycles. The summed E-state index contributed by atoms with van der Waals surface area (Å²) in [6, 6.07) is 14.1. The van der Waals surface area contributed by atoms with Gasteiger partial charge in [0, 0.05) is 5.56 Å². The van der Waals surface area contributed by atoms with Crippen molar-refractivity contribution < 1.29 is 0 Å². The predicted octanol–water partition coefficient (Wildman–Crippen LogP) is 3.24. The number of benzene rings is 1. The van der Waals surface area contributed by atoms with Crippen LogP contribution in [0.15, 0.2) is 36.4 Å². The molecule has 0 bridgehead atoms. The van der Waals surface area contributed by atoms with Crippen LogP contribution in [0.4, 0.5) is 0 Å². The van der Waals surface area contributed by atoms with Gasteiger partial charge < -0.3 is 0 Å². The van der Waals surface area contributed by atoms with Gasteiger partial charge in [0.2, 0.25) is 0 Å². The van der Waals surface area contributed by atoms with Crippen molar-refractivity contribution in [1.29, 1.82) is 5.26 Å². The molecule has 0 radical (unpaired) electrons. The fourth-order valence-electron chi connectivity index (χ4n) is 1.71. The highest BCUT2D eigenvalue weighted by Crippen LogP contribution is 2.22. The van der Waals surface area contributed by atoms with Crippen LogP contribution in [0.1, 0.15) is 16.8 Å². The maximum Gasteiger partial charge on any atom is 0.101 e. The van der Waals surface area contributed by atoms with Gasteiger partial charge in [0.05, 0.1) is 17.0 Å². The smallest absolute Gasteiger partial charge is 0.101 e. The Morgan fingerprint density at radius 3 is 2.44 bits per heavy atom. The van der Waals surface area contributed by atoms with Crippen LogP contribution in [0.2, 0.25) is 0 Å². The molecule has 78 valence electrons. The first-order valence-electron chi connectivity index (χ1n) is 5.16. The lowest BCUT2D eigenvalue weighted by atomic mass is 10.0. The Labute approximate surface area is 95.2 Å². The van der Waals surface area contributed by atoms with Gasteiger partial charge in [-0.05, 0) is 25.5 Å². The van der Waals surface area contributed by atoms with Crippen molar-refractivity contribution in [2.45, 2.75) is 13.8 Å². The second-order valence-corrected chi connectivity index (χ2v) is 3.76. The lowest BCUT2D eigenvalue weighted by Crippen LogP contribution is -1.94. The number of rotatable bonds is 1. The SMILES string of the molecule is Cc1cc(C#N)c(C)nc1-c1ccccc1. The minimum absolute atomic E-state index is 0.650. The monoisotopic (exact) mass is 208 g/mol. The summed E-state index contributed by atoms with van der Waals surface area (Å²) in [5, 5.41) is 8.91. The highest BCUT2D eigenvalue weighted by atomic mass is 14.7. The molecular formula is C14H12N2. The number of pyridine rings is 1. The lowest BCUT2D eigenvalue weighted by molar-refractivity contribution is 1.16. The number of nitrogens with zero attached hydrogens (tertiary/aromatic N) is 2. The quantitative estimate of drug-likeness (QED) is 0.721. The third-order valence-electron chi connectivity index (χ3n) is 2.57. The molecule has 0 amide bonds. The van der Waals surface area contributed by atoms with Crippen molar-refractivity contribution in [2.24, 2.45) is 0 Å². The molecule has 1 aromatic carbocycles. The van der Waals surface area contributed by atoms with Crippen molar-refractivity contribution in [2.75, 3.05) is 0 Å². The van der Waals surface area contributed by atoms with Gasteiger partial charge in [-0.3, -0.25) is 4.98 Å². The molecule has 2 heteroatoms. The molecule has 0 spiro atoms. The van der Waals surface area contributed by atoms with Gasteiger partial charge in [-0.15, -0.1) is 0 Å². The van der Waals surface area contributed by atoms with Crippen LogP contribution in [-0.4, -0.2) is 4.98 Å². The molecule has 0 unspecified atom stereocenters. The standard InChI is InChI=1S/C14H12N2/c1-10-8-13(9-15)11(2)16-14(10)12-6-4-3-5-7-12/h3-8H,1-2H3. The van der Waals surface area contributed by atoms with Gasteiger partial charge in [0.15, 0.2) is 0 Å². The third kappa shape index (κ3) is 1.80. The molecule has 0 atom stereocenters. The van der Waals surface area contributed by atoms with Crippen molar-refractivity contribution in [3.05, 3.63) is 53.2 Å². The van der Waals surface area contributed by atoms with Crippen LogP contribution in [0.3, 0.4) is 0 Å². The second kappa shape index (κ2) is 4.16. The van der Waals surface area contributed by atoms with Crippen LogP contribution in [0, 0.1) is 25.2 Å². The van der Waals surface area contributed by atoms with Crippen molar-refractivity contribution in [3.63, 3.8) is 0 Å². The zero-order valence-electron chi connectivity index (χ0n) is 9.36.